The van der Waals surface area contributed by atoms with Crippen molar-refractivity contribution in [3.8, 4) is 44.9 Å². The Morgan fingerprint density at radius 2 is 1.01 bits per heavy atom. The maximum atomic E-state index is 6.16. The molecular formula is C62H69IrN3OSi. The molecule has 4 heterocycles. The smallest absolute Gasteiger partial charge is 0.136 e. The molecule has 4 nitrogen and oxygen atoms in total. The van der Waals surface area contributed by atoms with Gasteiger partial charge in [-0.25, -0.2) is 0 Å². The number of hydrogen-bond acceptors (Lipinski definition) is 4. The van der Waals surface area contributed by atoms with Gasteiger partial charge in [-0.2, -0.15) is 0 Å². The van der Waals surface area contributed by atoms with Crippen molar-refractivity contribution in [3.63, 3.8) is 0 Å². The van der Waals surface area contributed by atoms with Gasteiger partial charge in [0, 0.05) is 66.2 Å². The van der Waals surface area contributed by atoms with Crippen LogP contribution in [0.5, 0.6) is 0 Å². The molecule has 0 saturated carbocycles. The van der Waals surface area contributed by atoms with Crippen LogP contribution >= 0.6 is 0 Å². The molecule has 0 atom stereocenters. The summed E-state index contributed by atoms with van der Waals surface area (Å²) < 4.78 is 6.16. The molecule has 4 aromatic heterocycles. The first kappa shape index (κ1) is 51.6. The number of hydrogen-bond donors (Lipinski definition) is 0. The monoisotopic (exact) mass is 1090 g/mol. The predicted octanol–water partition coefficient (Wildman–Crippen LogP) is 16.8. The summed E-state index contributed by atoms with van der Waals surface area (Å²) in [4.78, 5) is 13.8. The number of furan rings is 1. The molecule has 0 amide bonds. The van der Waals surface area contributed by atoms with Crippen molar-refractivity contribution in [2.45, 2.75) is 100 Å². The number of nitrogens with zero attached hydrogens (tertiary/aromatic N) is 3. The summed E-state index contributed by atoms with van der Waals surface area (Å²) in [5.41, 5.74) is 15.7. The summed E-state index contributed by atoms with van der Waals surface area (Å²) in [6.45, 7) is 27.6. The second kappa shape index (κ2) is 21.7. The topological polar surface area (TPSA) is 51.8 Å². The van der Waals surface area contributed by atoms with Crippen LogP contribution in [0.1, 0.15) is 79.0 Å². The molecular weight excluding hydrogens is 1020 g/mol. The Morgan fingerprint density at radius 1 is 0.471 bits per heavy atom. The van der Waals surface area contributed by atoms with Gasteiger partial charge in [-0.05, 0) is 117 Å². The maximum absolute atomic E-state index is 6.16. The molecule has 0 bridgehead atoms. The zero-order chi connectivity index (χ0) is 48.0. The van der Waals surface area contributed by atoms with Crippen LogP contribution in [0.3, 0.4) is 0 Å². The Balaban J connectivity index is 0.000000174. The molecule has 0 unspecified atom stereocenters. The van der Waals surface area contributed by atoms with Crippen LogP contribution in [0.2, 0.25) is 19.6 Å². The van der Waals surface area contributed by atoms with Crippen LogP contribution in [0.15, 0.2) is 181 Å². The molecule has 0 aliphatic rings. The molecule has 9 aromatic rings. The number of aromatic nitrogens is 3. The molecule has 9 rings (SSSR count). The fourth-order valence-electron chi connectivity index (χ4n) is 8.52. The fourth-order valence-corrected chi connectivity index (χ4v) is 10.1. The Bertz CT molecular complexity index is 3040. The van der Waals surface area contributed by atoms with E-state index in [1.165, 1.54) is 44.1 Å². The van der Waals surface area contributed by atoms with Gasteiger partial charge >= 0.3 is 0 Å². The van der Waals surface area contributed by atoms with E-state index in [1.807, 2.05) is 42.7 Å². The first-order chi connectivity index (χ1) is 31.7. The quantitative estimate of drug-likeness (QED) is 0.149. The maximum Gasteiger partial charge on any atom is 0.136 e. The van der Waals surface area contributed by atoms with Gasteiger partial charge in [-0.3, -0.25) is 15.0 Å². The average molecular weight is 1090 g/mol. The van der Waals surface area contributed by atoms with E-state index in [0.717, 1.165) is 57.4 Å². The van der Waals surface area contributed by atoms with Crippen molar-refractivity contribution in [1.82, 2.24) is 15.0 Å². The van der Waals surface area contributed by atoms with Crippen LogP contribution < -0.4 is 5.19 Å². The predicted molar refractivity (Wildman–Crippen MR) is 290 cm³/mol. The first-order valence-corrected chi connectivity index (χ1v) is 27.2. The Kier molecular flexibility index (Phi) is 16.4. The van der Waals surface area contributed by atoms with Crippen molar-refractivity contribution in [3.05, 3.63) is 193 Å². The third-order valence-electron chi connectivity index (χ3n) is 11.7. The van der Waals surface area contributed by atoms with Gasteiger partial charge in [-0.1, -0.05) is 185 Å². The summed E-state index contributed by atoms with van der Waals surface area (Å²) >= 11 is 0. The number of rotatable bonds is 7. The zero-order valence-corrected chi connectivity index (χ0v) is 45.6. The van der Waals surface area contributed by atoms with Crippen LogP contribution in [-0.2, 0) is 38.4 Å². The third-order valence-corrected chi connectivity index (χ3v) is 13.8. The molecule has 0 aliphatic heterocycles. The minimum atomic E-state index is -1.36. The van der Waals surface area contributed by atoms with Crippen LogP contribution in [0, 0.1) is 10.8 Å². The molecule has 0 aliphatic carbocycles. The number of benzene rings is 5. The van der Waals surface area contributed by atoms with Gasteiger partial charge in [0.2, 0.25) is 0 Å². The molecule has 6 heteroatoms. The molecule has 0 fully saturated rings. The molecule has 68 heavy (non-hydrogen) atoms. The van der Waals surface area contributed by atoms with Crippen molar-refractivity contribution >= 4 is 35.2 Å². The minimum Gasteiger partial charge on any atom is -0.456 e. The van der Waals surface area contributed by atoms with Gasteiger partial charge in [0.15, 0.2) is 0 Å². The molecule has 351 valence electrons. The van der Waals surface area contributed by atoms with Gasteiger partial charge < -0.3 is 4.42 Å². The van der Waals surface area contributed by atoms with Crippen molar-refractivity contribution in [2.24, 2.45) is 10.8 Å². The summed E-state index contributed by atoms with van der Waals surface area (Å²) in [5, 5.41) is 3.78. The van der Waals surface area contributed by atoms with Crippen molar-refractivity contribution in [1.29, 1.82) is 0 Å². The molecule has 1 radical (unpaired) electrons. The van der Waals surface area contributed by atoms with Gasteiger partial charge in [0.1, 0.15) is 11.2 Å². The zero-order valence-electron chi connectivity index (χ0n) is 42.2. The van der Waals surface area contributed by atoms with E-state index in [-0.39, 0.29) is 25.5 Å². The van der Waals surface area contributed by atoms with E-state index in [4.69, 9.17) is 9.40 Å². The second-order valence-electron chi connectivity index (χ2n) is 22.3. The SMILES string of the molecule is CC(C)(C)Cc1cc(-c2ccccc2)ncc1[Si](C)(C)C.CC(C)(C)Cc1ccnc(-c2ccccc2)c1.CC(C)(C)c1ccnc(-c2ccc3oc4cccc(-c5ccccc5)c4c3c2)c1.[Ir]. The first-order valence-electron chi connectivity index (χ1n) is 23.7. The Morgan fingerprint density at radius 3 is 1.57 bits per heavy atom. The summed E-state index contributed by atoms with van der Waals surface area (Å²) in [7, 11) is -1.36. The van der Waals surface area contributed by atoms with Crippen LogP contribution in [0.25, 0.3) is 66.8 Å². The van der Waals surface area contributed by atoms with E-state index in [1.54, 1.807) is 0 Å². The second-order valence-corrected chi connectivity index (χ2v) is 27.3. The fraction of sp³-hybridized carbons (Fsp3) is 0.274. The van der Waals surface area contributed by atoms with E-state index >= 15 is 0 Å². The van der Waals surface area contributed by atoms with E-state index in [9.17, 15) is 0 Å². The molecule has 0 N–H and O–H groups in total. The summed E-state index contributed by atoms with van der Waals surface area (Å²) in [6.07, 6.45) is 8.13. The standard InChI is InChI=1S/C27H23NO.C19H27NSi.C16H19N.Ir/c1-27(2,3)20-14-15-28-23(17-20)19-12-13-24-22(16-19)26-21(10-7-11-25(26)29-24)18-8-5-4-6-9-18;1-19(2,3)13-16-12-17(15-10-8-7-9-11-15)20-14-18(16)21(4,5)6;1-16(2,3)12-13-9-10-17-15(11-13)14-7-5-4-6-8-14;/h4-17H,1-3H3;7-12,14H,13H2,1-6H3;4-11H,12H2,1-3H3;. The Labute approximate surface area is 421 Å². The molecule has 0 saturated heterocycles. The molecule has 5 aromatic carbocycles. The van der Waals surface area contributed by atoms with Crippen molar-refractivity contribution < 1.29 is 24.5 Å². The average Bonchev–Trinajstić information content (AvgIpc) is 3.67. The van der Waals surface area contributed by atoms with Gasteiger partial charge in [0.05, 0.1) is 25.2 Å². The number of pyridine rings is 3. The van der Waals surface area contributed by atoms with E-state index in [2.05, 4.69) is 226 Å². The van der Waals surface area contributed by atoms with Gasteiger partial charge in [-0.15, -0.1) is 0 Å². The molecule has 0 spiro atoms. The van der Waals surface area contributed by atoms with E-state index in [0.29, 0.717) is 10.8 Å². The summed E-state index contributed by atoms with van der Waals surface area (Å²) in [6, 6.07) is 54.8. The Hall–Kier alpha value is -5.78. The van der Waals surface area contributed by atoms with Crippen molar-refractivity contribution in [2.75, 3.05) is 0 Å². The normalized spacial score (nSPS) is 11.8. The minimum absolute atomic E-state index is 0. The van der Waals surface area contributed by atoms with Gasteiger partial charge in [0.25, 0.3) is 0 Å². The van der Waals surface area contributed by atoms with Crippen LogP contribution in [0.4, 0.5) is 0 Å². The third kappa shape index (κ3) is 13.7. The summed E-state index contributed by atoms with van der Waals surface area (Å²) in [5.74, 6) is 0. The largest absolute Gasteiger partial charge is 0.456 e. The number of fused-ring (bicyclic) bond motifs is 3. The van der Waals surface area contributed by atoms with E-state index < -0.39 is 8.07 Å². The van der Waals surface area contributed by atoms with Crippen LogP contribution in [-0.4, -0.2) is 23.0 Å².